The molecule has 0 amide bonds. The van der Waals surface area contributed by atoms with E-state index in [2.05, 4.69) is 4.98 Å². The van der Waals surface area contributed by atoms with Crippen molar-refractivity contribution >= 4 is 17.1 Å². The van der Waals surface area contributed by atoms with E-state index in [1.54, 1.807) is 48.8 Å². The lowest BCUT2D eigenvalue weighted by molar-refractivity contribution is 0.476. The van der Waals surface area contributed by atoms with E-state index in [0.29, 0.717) is 11.2 Å². The zero-order valence-corrected chi connectivity index (χ0v) is 10.5. The number of rotatable bonds is 1. The van der Waals surface area contributed by atoms with Crippen molar-refractivity contribution in [1.29, 1.82) is 0 Å². The predicted molar refractivity (Wildman–Crippen MR) is 73.6 cm³/mol. The van der Waals surface area contributed by atoms with Gasteiger partial charge in [-0.15, -0.1) is 0 Å². The van der Waals surface area contributed by atoms with Crippen molar-refractivity contribution in [3.05, 3.63) is 64.2 Å². The van der Waals surface area contributed by atoms with Crippen LogP contribution in [-0.2, 0) is 0 Å². The first-order valence-corrected chi connectivity index (χ1v) is 6.01. The van der Waals surface area contributed by atoms with Crippen LogP contribution in [0, 0.1) is 0 Å². The SMILES string of the molecule is O=c1c(-c2ccccn2)c(O)c(Cl)c2ccccn12. The van der Waals surface area contributed by atoms with E-state index >= 15 is 0 Å². The molecule has 0 aliphatic carbocycles. The van der Waals surface area contributed by atoms with Crippen molar-refractivity contribution in [2.75, 3.05) is 0 Å². The Morgan fingerprint density at radius 2 is 1.95 bits per heavy atom. The Morgan fingerprint density at radius 3 is 2.68 bits per heavy atom. The van der Waals surface area contributed by atoms with Crippen LogP contribution in [0.5, 0.6) is 5.75 Å². The van der Waals surface area contributed by atoms with Crippen LogP contribution in [0.2, 0.25) is 5.02 Å². The van der Waals surface area contributed by atoms with E-state index in [4.69, 9.17) is 11.6 Å². The van der Waals surface area contributed by atoms with Crippen molar-refractivity contribution in [3.8, 4) is 17.0 Å². The third-order valence-corrected chi connectivity index (χ3v) is 3.26. The Kier molecular flexibility index (Phi) is 2.72. The topological polar surface area (TPSA) is 54.6 Å². The number of aromatic nitrogens is 2. The average molecular weight is 273 g/mol. The van der Waals surface area contributed by atoms with Crippen molar-refractivity contribution in [2.24, 2.45) is 0 Å². The lowest BCUT2D eigenvalue weighted by atomic mass is 10.1. The molecule has 4 nitrogen and oxygen atoms in total. The van der Waals surface area contributed by atoms with Gasteiger partial charge in [0.25, 0.3) is 5.56 Å². The monoisotopic (exact) mass is 272 g/mol. The Balaban J connectivity index is 2.48. The summed E-state index contributed by atoms with van der Waals surface area (Å²) in [6.45, 7) is 0. The molecule has 0 saturated carbocycles. The summed E-state index contributed by atoms with van der Waals surface area (Å²) in [4.78, 5) is 16.5. The van der Waals surface area contributed by atoms with Crippen LogP contribution in [0.3, 0.4) is 0 Å². The van der Waals surface area contributed by atoms with Gasteiger partial charge >= 0.3 is 0 Å². The minimum absolute atomic E-state index is 0.106. The van der Waals surface area contributed by atoms with Crippen molar-refractivity contribution < 1.29 is 5.11 Å². The molecule has 0 unspecified atom stereocenters. The first-order chi connectivity index (χ1) is 9.20. The van der Waals surface area contributed by atoms with Crippen LogP contribution in [0.1, 0.15) is 0 Å². The van der Waals surface area contributed by atoms with Gasteiger partial charge in [0.15, 0.2) is 5.75 Å². The molecule has 94 valence electrons. The summed E-state index contributed by atoms with van der Waals surface area (Å²) >= 11 is 6.12. The fraction of sp³-hybridized carbons (Fsp3) is 0. The molecule has 0 bridgehead atoms. The van der Waals surface area contributed by atoms with Gasteiger partial charge < -0.3 is 5.11 Å². The zero-order valence-electron chi connectivity index (χ0n) is 9.75. The number of halogens is 1. The predicted octanol–water partition coefficient (Wildman–Crippen LogP) is 2.72. The van der Waals surface area contributed by atoms with E-state index < -0.39 is 0 Å². The van der Waals surface area contributed by atoms with Crippen LogP contribution < -0.4 is 5.56 Å². The number of nitrogens with zero attached hydrogens (tertiary/aromatic N) is 2. The summed E-state index contributed by atoms with van der Waals surface area (Å²) < 4.78 is 1.39. The molecule has 0 aromatic carbocycles. The van der Waals surface area contributed by atoms with Gasteiger partial charge in [0.1, 0.15) is 10.6 Å². The summed E-state index contributed by atoms with van der Waals surface area (Å²) in [7, 11) is 0. The second kappa shape index (κ2) is 4.40. The quantitative estimate of drug-likeness (QED) is 0.741. The maximum absolute atomic E-state index is 12.4. The molecule has 0 radical (unpaired) electrons. The van der Waals surface area contributed by atoms with Crippen LogP contribution in [-0.4, -0.2) is 14.5 Å². The van der Waals surface area contributed by atoms with E-state index in [-0.39, 0.29) is 21.9 Å². The van der Waals surface area contributed by atoms with E-state index in [0.717, 1.165) is 0 Å². The summed E-state index contributed by atoms with van der Waals surface area (Å²) in [5, 5.41) is 10.3. The van der Waals surface area contributed by atoms with Crippen molar-refractivity contribution in [1.82, 2.24) is 9.38 Å². The van der Waals surface area contributed by atoms with E-state index in [1.807, 2.05) is 0 Å². The molecule has 3 rings (SSSR count). The molecule has 0 aliphatic rings. The standard InChI is InChI=1S/C14H9ClN2O2/c15-12-10-6-2-4-8-17(10)14(19)11(13(12)18)9-5-1-3-7-16-9/h1-8,18H. The van der Waals surface area contributed by atoms with Gasteiger partial charge in [-0.3, -0.25) is 14.2 Å². The second-order valence-corrected chi connectivity index (χ2v) is 4.39. The molecule has 0 atom stereocenters. The molecule has 3 aromatic rings. The number of hydrogen-bond donors (Lipinski definition) is 1. The summed E-state index contributed by atoms with van der Waals surface area (Å²) in [5.74, 6) is -0.239. The number of fused-ring (bicyclic) bond motifs is 1. The molecule has 3 aromatic heterocycles. The molecule has 5 heteroatoms. The van der Waals surface area contributed by atoms with E-state index in [1.165, 1.54) is 4.40 Å². The number of aromatic hydroxyl groups is 1. The first-order valence-electron chi connectivity index (χ1n) is 5.63. The molecule has 0 saturated heterocycles. The second-order valence-electron chi connectivity index (χ2n) is 4.01. The fourth-order valence-electron chi connectivity index (χ4n) is 1.99. The molecule has 0 fully saturated rings. The highest BCUT2D eigenvalue weighted by Gasteiger charge is 2.17. The minimum Gasteiger partial charge on any atom is -0.505 e. The van der Waals surface area contributed by atoms with Gasteiger partial charge in [0.2, 0.25) is 0 Å². The maximum Gasteiger partial charge on any atom is 0.268 e. The lowest BCUT2D eigenvalue weighted by Gasteiger charge is -2.09. The highest BCUT2D eigenvalue weighted by molar-refractivity contribution is 6.35. The van der Waals surface area contributed by atoms with Crippen LogP contribution in [0.15, 0.2) is 53.6 Å². The Morgan fingerprint density at radius 1 is 1.16 bits per heavy atom. The molecule has 3 heterocycles. The van der Waals surface area contributed by atoms with Gasteiger partial charge in [-0.25, -0.2) is 0 Å². The van der Waals surface area contributed by atoms with Crippen molar-refractivity contribution in [3.63, 3.8) is 0 Å². The normalized spacial score (nSPS) is 10.8. The fourth-order valence-corrected chi connectivity index (χ4v) is 2.24. The molecule has 19 heavy (non-hydrogen) atoms. The molecular weight excluding hydrogens is 264 g/mol. The first kappa shape index (κ1) is 11.7. The molecule has 1 N–H and O–H groups in total. The zero-order chi connectivity index (χ0) is 13.4. The van der Waals surface area contributed by atoms with Gasteiger partial charge in [0, 0.05) is 12.4 Å². The average Bonchev–Trinajstić information content (AvgIpc) is 2.46. The highest BCUT2D eigenvalue weighted by Crippen LogP contribution is 2.34. The summed E-state index contributed by atoms with van der Waals surface area (Å²) in [5.41, 5.74) is 0.613. The van der Waals surface area contributed by atoms with Crippen LogP contribution in [0.4, 0.5) is 0 Å². The van der Waals surface area contributed by atoms with E-state index in [9.17, 15) is 9.90 Å². The summed E-state index contributed by atoms with van der Waals surface area (Å²) in [6.07, 6.45) is 3.16. The maximum atomic E-state index is 12.4. The Hall–Kier alpha value is -2.33. The largest absolute Gasteiger partial charge is 0.505 e. The molecule has 0 aliphatic heterocycles. The highest BCUT2D eigenvalue weighted by atomic mass is 35.5. The number of pyridine rings is 3. The lowest BCUT2D eigenvalue weighted by Crippen LogP contribution is -2.16. The van der Waals surface area contributed by atoms with Gasteiger partial charge in [-0.2, -0.15) is 0 Å². The van der Waals surface area contributed by atoms with Crippen LogP contribution >= 0.6 is 11.6 Å². The van der Waals surface area contributed by atoms with Crippen LogP contribution in [0.25, 0.3) is 16.8 Å². The third-order valence-electron chi connectivity index (χ3n) is 2.88. The van der Waals surface area contributed by atoms with Gasteiger partial charge in [-0.1, -0.05) is 23.7 Å². The Bertz CT molecular complexity index is 813. The number of hydrogen-bond acceptors (Lipinski definition) is 3. The van der Waals surface area contributed by atoms with Crippen molar-refractivity contribution in [2.45, 2.75) is 0 Å². The summed E-state index contributed by atoms with van der Waals surface area (Å²) in [6, 6.07) is 10.3. The van der Waals surface area contributed by atoms with Gasteiger partial charge in [-0.05, 0) is 24.3 Å². The van der Waals surface area contributed by atoms with Gasteiger partial charge in [0.05, 0.1) is 11.2 Å². The Labute approximate surface area is 113 Å². The minimum atomic E-state index is -0.351. The third kappa shape index (κ3) is 1.77. The smallest absolute Gasteiger partial charge is 0.268 e. The molecular formula is C14H9ClN2O2. The molecule has 0 spiro atoms.